The molecule has 3 rings (SSSR count). The minimum absolute atomic E-state index is 0.226. The Morgan fingerprint density at radius 2 is 2.16 bits per heavy atom. The molecule has 2 aromatic heterocycles. The number of amides is 1. The Kier molecular flexibility index (Phi) is 4.84. The molecule has 3 heterocycles. The molecule has 25 heavy (non-hydrogen) atoms. The Morgan fingerprint density at radius 3 is 2.76 bits per heavy atom. The Balaban J connectivity index is 1.95. The van der Waals surface area contributed by atoms with Crippen molar-refractivity contribution in [2.24, 2.45) is 0 Å². The predicted octanol–water partition coefficient (Wildman–Crippen LogP) is 4.21. The van der Waals surface area contributed by atoms with Gasteiger partial charge in [-0.15, -0.1) is 0 Å². The first-order chi connectivity index (χ1) is 11.7. The number of nitrogens with zero attached hydrogens (tertiary/aromatic N) is 3. The first kappa shape index (κ1) is 17.9. The van der Waals surface area contributed by atoms with Crippen LogP contribution in [0.3, 0.4) is 0 Å². The lowest BCUT2D eigenvalue weighted by Gasteiger charge is -2.24. The maximum absolute atomic E-state index is 12.6. The van der Waals surface area contributed by atoms with E-state index in [9.17, 15) is 4.79 Å². The van der Waals surface area contributed by atoms with Crippen molar-refractivity contribution in [3.05, 3.63) is 34.7 Å². The predicted molar refractivity (Wildman–Crippen MR) is 102 cm³/mol. The number of ether oxygens (including phenoxy) is 1. The molecular weight excluding hydrogens is 334 g/mol. The summed E-state index contributed by atoms with van der Waals surface area (Å²) in [6.07, 6.45) is 1.52. The van der Waals surface area contributed by atoms with Crippen molar-refractivity contribution in [3.63, 3.8) is 0 Å². The highest BCUT2D eigenvalue weighted by Gasteiger charge is 2.36. The molecule has 1 aliphatic rings. The normalized spacial score (nSPS) is 17.0. The van der Waals surface area contributed by atoms with Crippen LogP contribution in [-0.4, -0.2) is 48.8 Å². The number of pyridine rings is 1. The number of hydrogen-bond donors (Lipinski definition) is 0. The molecule has 1 aliphatic heterocycles. The van der Waals surface area contributed by atoms with Gasteiger partial charge >= 0.3 is 6.09 Å². The topological polar surface area (TPSA) is 45.7 Å². The van der Waals surface area contributed by atoms with E-state index in [0.717, 1.165) is 23.5 Å². The van der Waals surface area contributed by atoms with E-state index in [0.29, 0.717) is 6.54 Å². The van der Waals surface area contributed by atoms with Gasteiger partial charge in [0.05, 0.1) is 0 Å². The van der Waals surface area contributed by atoms with Gasteiger partial charge in [-0.3, -0.25) is 4.90 Å². The van der Waals surface area contributed by atoms with Crippen molar-refractivity contribution in [3.8, 4) is 11.1 Å². The number of aromatic nitrogens is 1. The summed E-state index contributed by atoms with van der Waals surface area (Å²) >= 11 is 1.67. The van der Waals surface area contributed by atoms with Crippen LogP contribution in [0.15, 0.2) is 29.1 Å². The van der Waals surface area contributed by atoms with E-state index in [-0.39, 0.29) is 12.0 Å². The molecule has 0 fully saturated rings. The number of carbonyl (C=O) groups is 1. The molecule has 0 bridgehead atoms. The van der Waals surface area contributed by atoms with Crippen LogP contribution in [0.1, 0.15) is 32.3 Å². The van der Waals surface area contributed by atoms with Crippen LogP contribution < -0.4 is 4.90 Å². The van der Waals surface area contributed by atoms with Gasteiger partial charge in [0.25, 0.3) is 0 Å². The van der Waals surface area contributed by atoms with Gasteiger partial charge < -0.3 is 9.64 Å². The zero-order valence-electron chi connectivity index (χ0n) is 15.4. The average Bonchev–Trinajstić information content (AvgIpc) is 3.13. The molecule has 6 heteroatoms. The second-order valence-corrected chi connectivity index (χ2v) is 8.48. The number of hydrogen-bond acceptors (Lipinski definition) is 5. The van der Waals surface area contributed by atoms with Crippen LogP contribution in [0.2, 0.25) is 0 Å². The van der Waals surface area contributed by atoms with Crippen LogP contribution in [-0.2, 0) is 4.74 Å². The van der Waals surface area contributed by atoms with E-state index < -0.39 is 5.60 Å². The maximum atomic E-state index is 12.6. The highest BCUT2D eigenvalue weighted by atomic mass is 32.1. The fourth-order valence-corrected chi connectivity index (χ4v) is 3.73. The minimum Gasteiger partial charge on any atom is -0.443 e. The van der Waals surface area contributed by atoms with Gasteiger partial charge in [0.15, 0.2) is 0 Å². The summed E-state index contributed by atoms with van der Waals surface area (Å²) in [6, 6.07) is 4.26. The zero-order valence-corrected chi connectivity index (χ0v) is 16.3. The van der Waals surface area contributed by atoms with Gasteiger partial charge in [-0.25, -0.2) is 9.78 Å². The zero-order chi connectivity index (χ0) is 18.2. The van der Waals surface area contributed by atoms with Crippen LogP contribution in [0, 0.1) is 0 Å². The van der Waals surface area contributed by atoms with E-state index >= 15 is 0 Å². The third-order valence-electron chi connectivity index (χ3n) is 4.05. The highest BCUT2D eigenvalue weighted by Crippen LogP contribution is 2.38. The third-order valence-corrected chi connectivity index (χ3v) is 4.73. The summed E-state index contributed by atoms with van der Waals surface area (Å²) < 4.78 is 5.57. The molecule has 2 aromatic rings. The number of rotatable bonds is 3. The minimum atomic E-state index is -0.520. The first-order valence-corrected chi connectivity index (χ1v) is 9.36. The highest BCUT2D eigenvalue weighted by molar-refractivity contribution is 7.08. The second-order valence-electron chi connectivity index (χ2n) is 7.70. The molecule has 1 amide bonds. The second kappa shape index (κ2) is 6.77. The monoisotopic (exact) mass is 359 g/mol. The fourth-order valence-electron chi connectivity index (χ4n) is 3.07. The van der Waals surface area contributed by atoms with E-state index in [4.69, 9.17) is 4.74 Å². The number of carbonyl (C=O) groups excluding carboxylic acids is 1. The summed E-state index contributed by atoms with van der Waals surface area (Å²) in [5.74, 6) is 0.948. The first-order valence-electron chi connectivity index (χ1n) is 8.42. The van der Waals surface area contributed by atoms with E-state index in [1.807, 2.05) is 41.1 Å². The summed E-state index contributed by atoms with van der Waals surface area (Å²) in [5.41, 5.74) is 2.85. The lowest BCUT2D eigenvalue weighted by molar-refractivity contribution is 0.0580. The Hall–Kier alpha value is -1.92. The summed E-state index contributed by atoms with van der Waals surface area (Å²) in [5, 5.41) is 4.18. The Morgan fingerprint density at radius 1 is 1.40 bits per heavy atom. The Bertz CT molecular complexity index is 751. The van der Waals surface area contributed by atoms with Gasteiger partial charge in [-0.2, -0.15) is 11.3 Å². The average molecular weight is 359 g/mol. The molecule has 0 N–H and O–H groups in total. The SMILES string of the molecule is CN(C)CC1CN(C(=O)OC(C)(C)C)c2ncc(-c3ccsc3)cc21. The van der Waals surface area contributed by atoms with Crippen LogP contribution in [0.5, 0.6) is 0 Å². The summed E-state index contributed by atoms with van der Waals surface area (Å²) in [7, 11) is 4.10. The van der Waals surface area contributed by atoms with E-state index in [1.165, 1.54) is 5.56 Å². The quantitative estimate of drug-likeness (QED) is 0.823. The molecule has 134 valence electrons. The van der Waals surface area contributed by atoms with E-state index in [2.05, 4.69) is 32.8 Å². The summed E-state index contributed by atoms with van der Waals surface area (Å²) in [4.78, 5) is 21.1. The van der Waals surface area contributed by atoms with Crippen molar-refractivity contribution < 1.29 is 9.53 Å². The van der Waals surface area contributed by atoms with Crippen LogP contribution >= 0.6 is 11.3 Å². The molecule has 1 unspecified atom stereocenters. The van der Waals surface area contributed by atoms with Crippen molar-refractivity contribution in [1.29, 1.82) is 0 Å². The lowest BCUT2D eigenvalue weighted by Crippen LogP contribution is -2.37. The third kappa shape index (κ3) is 4.02. The van der Waals surface area contributed by atoms with Gasteiger partial charge in [0.2, 0.25) is 0 Å². The molecule has 0 radical (unpaired) electrons. The number of anilines is 1. The molecule has 5 nitrogen and oxygen atoms in total. The number of thiophene rings is 1. The van der Waals surface area contributed by atoms with Gasteiger partial charge in [0.1, 0.15) is 11.4 Å². The van der Waals surface area contributed by atoms with Crippen molar-refractivity contribution in [2.45, 2.75) is 32.3 Å². The number of likely N-dealkylation sites (N-methyl/N-ethyl adjacent to an activating group) is 1. The standard InChI is InChI=1S/C19H25N3O2S/c1-19(2,3)24-18(23)22-11-15(10-21(4)5)16-8-14(9-20-17(16)22)13-6-7-25-12-13/h6-9,12,15H,10-11H2,1-5H3. The van der Waals surface area contributed by atoms with E-state index in [1.54, 1.807) is 16.2 Å². The van der Waals surface area contributed by atoms with Crippen molar-refractivity contribution in [2.75, 3.05) is 32.1 Å². The fraction of sp³-hybridized carbons (Fsp3) is 0.474. The van der Waals surface area contributed by atoms with Crippen LogP contribution in [0.4, 0.5) is 10.6 Å². The molecule has 0 aromatic carbocycles. The van der Waals surface area contributed by atoms with Gasteiger partial charge in [-0.1, -0.05) is 0 Å². The molecular formula is C19H25N3O2S. The largest absolute Gasteiger partial charge is 0.443 e. The molecule has 0 saturated carbocycles. The van der Waals surface area contributed by atoms with Crippen molar-refractivity contribution in [1.82, 2.24) is 9.88 Å². The van der Waals surface area contributed by atoms with Crippen molar-refractivity contribution >= 4 is 23.2 Å². The summed E-state index contributed by atoms with van der Waals surface area (Å²) in [6.45, 7) is 7.11. The molecule has 0 saturated heterocycles. The van der Waals surface area contributed by atoms with Gasteiger partial charge in [-0.05, 0) is 63.3 Å². The van der Waals surface area contributed by atoms with Crippen LogP contribution in [0.25, 0.3) is 11.1 Å². The molecule has 0 aliphatic carbocycles. The molecule has 1 atom stereocenters. The number of fused-ring (bicyclic) bond motifs is 1. The lowest BCUT2D eigenvalue weighted by atomic mass is 10.00. The maximum Gasteiger partial charge on any atom is 0.416 e. The smallest absolute Gasteiger partial charge is 0.416 e. The Labute approximate surface area is 153 Å². The molecule has 0 spiro atoms. The van der Waals surface area contributed by atoms with Gasteiger partial charge in [0, 0.05) is 36.3 Å².